The summed E-state index contributed by atoms with van der Waals surface area (Å²) in [4.78, 5) is 32.1. The maximum atomic E-state index is 13.1. The largest absolute Gasteiger partial charge is 0.341 e. The lowest BCUT2D eigenvalue weighted by Crippen LogP contribution is -2.60. The van der Waals surface area contributed by atoms with Crippen LogP contribution in [0.25, 0.3) is 5.65 Å². The molecule has 7 nitrogen and oxygen atoms in total. The number of carbonyl (C=O) groups is 2. The van der Waals surface area contributed by atoms with Gasteiger partial charge in [0.1, 0.15) is 11.1 Å². The lowest BCUT2D eigenvalue weighted by atomic mass is 9.80. The summed E-state index contributed by atoms with van der Waals surface area (Å²) < 4.78 is 1.56. The molecule has 1 fully saturated rings. The Morgan fingerprint density at radius 1 is 1.24 bits per heavy atom. The quantitative estimate of drug-likeness (QED) is 0.901. The smallest absolute Gasteiger partial charge is 0.257 e. The number of carbonyl (C=O) groups excluding carboxylic acids is 2. The van der Waals surface area contributed by atoms with Crippen molar-refractivity contribution < 1.29 is 9.59 Å². The van der Waals surface area contributed by atoms with Gasteiger partial charge in [0.25, 0.3) is 5.91 Å². The first kappa shape index (κ1) is 17.4. The van der Waals surface area contributed by atoms with Crippen LogP contribution in [-0.4, -0.2) is 49.9 Å². The maximum absolute atomic E-state index is 13.1. The van der Waals surface area contributed by atoms with Gasteiger partial charge in [-0.2, -0.15) is 5.10 Å². The van der Waals surface area contributed by atoms with Gasteiger partial charge in [0.15, 0.2) is 5.65 Å². The molecule has 0 saturated heterocycles. The highest BCUT2D eigenvalue weighted by molar-refractivity contribution is 6.03. The van der Waals surface area contributed by atoms with Crippen LogP contribution >= 0.6 is 0 Å². The zero-order valence-electron chi connectivity index (χ0n) is 14.9. The molecule has 0 aromatic carbocycles. The zero-order valence-corrected chi connectivity index (χ0v) is 14.9. The molecule has 7 heteroatoms. The molecular weight excluding hydrogens is 318 g/mol. The first-order valence-electron chi connectivity index (χ1n) is 9.01. The van der Waals surface area contributed by atoms with Gasteiger partial charge < -0.3 is 10.2 Å². The molecule has 2 amide bonds. The molecule has 134 valence electrons. The van der Waals surface area contributed by atoms with Crippen molar-refractivity contribution in [3.8, 4) is 0 Å². The number of amides is 2. The molecule has 0 bridgehead atoms. The number of likely N-dealkylation sites (N-methyl/N-ethyl adjacent to an activating group) is 1. The summed E-state index contributed by atoms with van der Waals surface area (Å²) in [5.74, 6) is -0.258. The predicted molar refractivity (Wildman–Crippen MR) is 94.2 cm³/mol. The van der Waals surface area contributed by atoms with E-state index in [9.17, 15) is 9.59 Å². The summed E-state index contributed by atoms with van der Waals surface area (Å²) in [6.07, 6.45) is 9.24. The van der Waals surface area contributed by atoms with Gasteiger partial charge in [-0.1, -0.05) is 19.3 Å². The minimum Gasteiger partial charge on any atom is -0.341 e. The molecule has 25 heavy (non-hydrogen) atoms. The fourth-order valence-electron chi connectivity index (χ4n) is 3.63. The number of aromatic nitrogens is 3. The number of rotatable bonds is 5. The van der Waals surface area contributed by atoms with Gasteiger partial charge in [-0.25, -0.2) is 9.50 Å². The number of fused-ring (bicyclic) bond motifs is 1. The van der Waals surface area contributed by atoms with Crippen molar-refractivity contribution >= 4 is 17.5 Å². The summed E-state index contributed by atoms with van der Waals surface area (Å²) in [6, 6.07) is 1.76. The summed E-state index contributed by atoms with van der Waals surface area (Å²) in [5.41, 5.74) is 0.0869. The van der Waals surface area contributed by atoms with E-state index in [1.54, 1.807) is 27.9 Å². The van der Waals surface area contributed by atoms with Crippen molar-refractivity contribution in [2.24, 2.45) is 0 Å². The van der Waals surface area contributed by atoms with Gasteiger partial charge in [-0.15, -0.1) is 0 Å². The fourth-order valence-corrected chi connectivity index (χ4v) is 3.63. The van der Waals surface area contributed by atoms with E-state index >= 15 is 0 Å². The van der Waals surface area contributed by atoms with Gasteiger partial charge in [0.05, 0.1) is 6.20 Å². The van der Waals surface area contributed by atoms with Crippen LogP contribution in [0.4, 0.5) is 0 Å². The molecule has 0 unspecified atom stereocenters. The van der Waals surface area contributed by atoms with E-state index in [4.69, 9.17) is 0 Å². The second-order valence-corrected chi connectivity index (χ2v) is 6.52. The van der Waals surface area contributed by atoms with Crippen molar-refractivity contribution in [1.82, 2.24) is 24.8 Å². The molecule has 1 aliphatic carbocycles. The molecule has 1 N–H and O–H groups in total. The van der Waals surface area contributed by atoms with Crippen LogP contribution in [0.5, 0.6) is 0 Å². The van der Waals surface area contributed by atoms with Crippen LogP contribution in [0.3, 0.4) is 0 Å². The highest BCUT2D eigenvalue weighted by Crippen LogP contribution is 2.30. The van der Waals surface area contributed by atoms with E-state index in [-0.39, 0.29) is 11.8 Å². The number of nitrogens with zero attached hydrogens (tertiary/aromatic N) is 4. The predicted octanol–water partition coefficient (Wildman–Crippen LogP) is 2.03. The van der Waals surface area contributed by atoms with E-state index in [2.05, 4.69) is 15.4 Å². The van der Waals surface area contributed by atoms with Crippen LogP contribution in [0.2, 0.25) is 0 Å². The van der Waals surface area contributed by atoms with Crippen molar-refractivity contribution in [3.05, 3.63) is 30.2 Å². The average molecular weight is 343 g/mol. The third-order valence-corrected chi connectivity index (χ3v) is 5.04. The van der Waals surface area contributed by atoms with Crippen molar-refractivity contribution in [2.75, 3.05) is 13.1 Å². The lowest BCUT2D eigenvalue weighted by Gasteiger charge is -2.39. The third kappa shape index (κ3) is 3.23. The Morgan fingerprint density at radius 2 is 1.96 bits per heavy atom. The fraction of sp³-hybridized carbons (Fsp3) is 0.556. The van der Waals surface area contributed by atoms with Crippen LogP contribution < -0.4 is 5.32 Å². The Bertz CT molecular complexity index is 760. The SMILES string of the molecule is CCN(CC)C(=O)C1(NC(=O)c2cnn3cccnc23)CCCCC1. The first-order valence-corrected chi connectivity index (χ1v) is 9.01. The second-order valence-electron chi connectivity index (χ2n) is 6.52. The Hall–Kier alpha value is -2.44. The minimum atomic E-state index is -0.815. The topological polar surface area (TPSA) is 79.6 Å². The Kier molecular flexibility index (Phi) is 5.01. The van der Waals surface area contributed by atoms with E-state index in [0.29, 0.717) is 37.1 Å². The van der Waals surface area contributed by atoms with Gasteiger partial charge in [-0.3, -0.25) is 9.59 Å². The van der Waals surface area contributed by atoms with Gasteiger partial charge in [0, 0.05) is 25.5 Å². The lowest BCUT2D eigenvalue weighted by molar-refractivity contribution is -0.139. The number of nitrogens with one attached hydrogen (secondary N) is 1. The van der Waals surface area contributed by atoms with Gasteiger partial charge in [-0.05, 0) is 32.8 Å². The number of hydrogen-bond donors (Lipinski definition) is 1. The molecule has 0 aliphatic heterocycles. The van der Waals surface area contributed by atoms with Gasteiger partial charge in [0.2, 0.25) is 5.91 Å². The van der Waals surface area contributed by atoms with E-state index in [0.717, 1.165) is 19.3 Å². The zero-order chi connectivity index (χ0) is 17.9. The second kappa shape index (κ2) is 7.21. The highest BCUT2D eigenvalue weighted by Gasteiger charge is 2.43. The molecule has 2 aromatic heterocycles. The summed E-state index contributed by atoms with van der Waals surface area (Å²) in [6.45, 7) is 5.22. The Morgan fingerprint density at radius 3 is 2.64 bits per heavy atom. The normalized spacial score (nSPS) is 16.6. The van der Waals surface area contributed by atoms with Crippen LogP contribution in [0, 0.1) is 0 Å². The van der Waals surface area contributed by atoms with Crippen molar-refractivity contribution in [1.29, 1.82) is 0 Å². The van der Waals surface area contributed by atoms with E-state index < -0.39 is 5.54 Å². The molecule has 1 saturated carbocycles. The van der Waals surface area contributed by atoms with Crippen LogP contribution in [-0.2, 0) is 4.79 Å². The van der Waals surface area contributed by atoms with Crippen molar-refractivity contribution in [2.45, 2.75) is 51.5 Å². The monoisotopic (exact) mass is 343 g/mol. The maximum Gasteiger partial charge on any atom is 0.257 e. The van der Waals surface area contributed by atoms with E-state index in [1.807, 2.05) is 13.8 Å². The first-order chi connectivity index (χ1) is 12.1. The molecule has 0 spiro atoms. The number of hydrogen-bond acceptors (Lipinski definition) is 4. The molecule has 2 heterocycles. The Balaban J connectivity index is 1.90. The van der Waals surface area contributed by atoms with Crippen LogP contribution in [0.1, 0.15) is 56.3 Å². The summed E-state index contributed by atoms with van der Waals surface area (Å²) in [5, 5.41) is 7.22. The van der Waals surface area contributed by atoms with E-state index in [1.165, 1.54) is 6.20 Å². The van der Waals surface area contributed by atoms with Crippen molar-refractivity contribution in [3.63, 3.8) is 0 Å². The minimum absolute atomic E-state index is 0.0231. The standard InChI is InChI=1S/C18H25N5O2/c1-3-22(4-2)17(25)18(9-6-5-7-10-18)21-16(24)14-13-20-23-12-8-11-19-15(14)23/h8,11-13H,3-7,9-10H2,1-2H3,(H,21,24). The molecular formula is C18H25N5O2. The summed E-state index contributed by atoms with van der Waals surface area (Å²) in [7, 11) is 0. The molecule has 0 radical (unpaired) electrons. The molecule has 2 aromatic rings. The van der Waals surface area contributed by atoms with Crippen LogP contribution in [0.15, 0.2) is 24.7 Å². The summed E-state index contributed by atoms with van der Waals surface area (Å²) >= 11 is 0. The Labute approximate surface area is 147 Å². The molecule has 0 atom stereocenters. The molecule has 3 rings (SSSR count). The van der Waals surface area contributed by atoms with Gasteiger partial charge >= 0.3 is 0 Å². The molecule has 1 aliphatic rings. The third-order valence-electron chi connectivity index (χ3n) is 5.04. The average Bonchev–Trinajstić information content (AvgIpc) is 3.07. The highest BCUT2D eigenvalue weighted by atomic mass is 16.2.